The molecular formula is C24H20N6O2. The lowest BCUT2D eigenvalue weighted by atomic mass is 9.82. The Balaban J connectivity index is 1.62. The van der Waals surface area contributed by atoms with Gasteiger partial charge in [-0.15, -0.1) is 5.10 Å². The number of nitriles is 1. The van der Waals surface area contributed by atoms with Crippen molar-refractivity contribution in [3.05, 3.63) is 83.5 Å². The maximum Gasteiger partial charge on any atom is 0.346 e. The summed E-state index contributed by atoms with van der Waals surface area (Å²) in [5.41, 5.74) is 4.98. The topological polar surface area (TPSA) is 109 Å². The van der Waals surface area contributed by atoms with E-state index in [2.05, 4.69) is 33.7 Å². The number of carbonyl (C=O) groups excluding carboxylic acids is 1. The second kappa shape index (κ2) is 8.04. The zero-order chi connectivity index (χ0) is 22.1. The number of fused-ring (bicyclic) bond motifs is 2. The summed E-state index contributed by atoms with van der Waals surface area (Å²) < 4.78 is 6.75. The molecule has 1 aliphatic heterocycles. The molecule has 0 saturated carbocycles. The molecule has 2 aromatic heterocycles. The zero-order valence-corrected chi connectivity index (χ0v) is 17.4. The highest BCUT2D eigenvalue weighted by Gasteiger charge is 2.34. The van der Waals surface area contributed by atoms with E-state index < -0.39 is 5.92 Å². The minimum atomic E-state index is -0.412. The van der Waals surface area contributed by atoms with Crippen molar-refractivity contribution in [2.75, 3.05) is 10.6 Å². The third-order valence-electron chi connectivity index (χ3n) is 5.49. The van der Waals surface area contributed by atoms with Crippen molar-refractivity contribution in [2.24, 2.45) is 0 Å². The number of oxazole rings is 1. The Kier molecular flexibility index (Phi) is 4.92. The molecule has 0 aliphatic carbocycles. The minimum Gasteiger partial charge on any atom is -0.443 e. The van der Waals surface area contributed by atoms with Gasteiger partial charge in [-0.05, 0) is 30.2 Å². The van der Waals surface area contributed by atoms with Crippen molar-refractivity contribution in [3.63, 3.8) is 0 Å². The molecule has 3 heterocycles. The van der Waals surface area contributed by atoms with Crippen LogP contribution in [0.4, 0.5) is 16.3 Å². The largest absolute Gasteiger partial charge is 0.443 e. The molecule has 2 N–H and O–H groups in total. The fourth-order valence-corrected chi connectivity index (χ4v) is 4.09. The number of allylic oxidation sites excluding steroid dienone is 2. The number of nitrogens with one attached hydrogen (secondary N) is 2. The molecule has 0 fully saturated rings. The lowest BCUT2D eigenvalue weighted by Gasteiger charge is -2.26. The number of para-hydroxylation sites is 2. The lowest BCUT2D eigenvalue weighted by molar-refractivity contribution is 0.251. The maximum atomic E-state index is 12.9. The van der Waals surface area contributed by atoms with Crippen molar-refractivity contribution >= 4 is 28.6 Å². The number of nitrogens with zero attached hydrogens (tertiary/aromatic N) is 4. The van der Waals surface area contributed by atoms with E-state index in [1.165, 1.54) is 11.1 Å². The molecule has 1 atom stereocenters. The van der Waals surface area contributed by atoms with Gasteiger partial charge in [-0.1, -0.05) is 43.7 Å². The van der Waals surface area contributed by atoms with Crippen LogP contribution in [0, 0.1) is 11.3 Å². The van der Waals surface area contributed by atoms with Crippen LogP contribution in [0.15, 0.2) is 76.8 Å². The van der Waals surface area contributed by atoms with Gasteiger partial charge in [-0.3, -0.25) is 0 Å². The number of hydrogen-bond donors (Lipinski definition) is 2. The van der Waals surface area contributed by atoms with Gasteiger partial charge in [0.1, 0.15) is 5.52 Å². The Morgan fingerprint density at radius 1 is 1.22 bits per heavy atom. The van der Waals surface area contributed by atoms with Crippen LogP contribution >= 0.6 is 0 Å². The van der Waals surface area contributed by atoms with Crippen LogP contribution in [-0.4, -0.2) is 20.8 Å². The Hall–Kier alpha value is -4.38. The van der Waals surface area contributed by atoms with E-state index in [0.717, 1.165) is 23.2 Å². The van der Waals surface area contributed by atoms with Gasteiger partial charge in [0, 0.05) is 23.1 Å². The van der Waals surface area contributed by atoms with Gasteiger partial charge in [-0.2, -0.15) is 9.94 Å². The number of aromatic nitrogens is 3. The fraction of sp³-hybridized carbons (Fsp3) is 0.167. The second-order valence-electron chi connectivity index (χ2n) is 7.53. The summed E-state index contributed by atoms with van der Waals surface area (Å²) in [4.78, 5) is 17.2. The van der Waals surface area contributed by atoms with Crippen LogP contribution < -0.4 is 10.6 Å². The first kappa shape index (κ1) is 19.6. The van der Waals surface area contributed by atoms with Crippen molar-refractivity contribution in [1.29, 1.82) is 5.26 Å². The highest BCUT2D eigenvalue weighted by atomic mass is 16.3. The third-order valence-corrected chi connectivity index (χ3v) is 5.49. The molecule has 1 unspecified atom stereocenters. The molecule has 5 rings (SSSR count). The number of hydrogen-bond acceptors (Lipinski definition) is 6. The van der Waals surface area contributed by atoms with Gasteiger partial charge < -0.3 is 15.1 Å². The normalized spacial score (nSPS) is 15.2. The van der Waals surface area contributed by atoms with Gasteiger partial charge in [0.25, 0.3) is 0 Å². The van der Waals surface area contributed by atoms with E-state index >= 15 is 0 Å². The van der Waals surface area contributed by atoms with Crippen molar-refractivity contribution < 1.29 is 9.21 Å². The van der Waals surface area contributed by atoms with Gasteiger partial charge in [0.15, 0.2) is 17.8 Å². The third kappa shape index (κ3) is 3.30. The van der Waals surface area contributed by atoms with Crippen LogP contribution in [0.2, 0.25) is 0 Å². The van der Waals surface area contributed by atoms with Crippen molar-refractivity contribution in [2.45, 2.75) is 25.7 Å². The monoisotopic (exact) mass is 424 g/mol. The summed E-state index contributed by atoms with van der Waals surface area (Å²) >= 11 is 0. The number of rotatable bonds is 4. The molecule has 158 valence electrons. The number of anilines is 2. The fourth-order valence-electron chi connectivity index (χ4n) is 4.09. The first-order valence-electron chi connectivity index (χ1n) is 10.4. The van der Waals surface area contributed by atoms with Crippen LogP contribution in [0.5, 0.6) is 0 Å². The molecule has 2 aromatic carbocycles. The van der Waals surface area contributed by atoms with Crippen LogP contribution in [-0.2, 0) is 0 Å². The molecule has 1 amide bonds. The maximum absolute atomic E-state index is 12.9. The van der Waals surface area contributed by atoms with Crippen LogP contribution in [0.3, 0.4) is 0 Å². The summed E-state index contributed by atoms with van der Waals surface area (Å²) in [6.07, 6.45) is 4.62. The van der Waals surface area contributed by atoms with E-state index in [9.17, 15) is 10.1 Å². The van der Waals surface area contributed by atoms with E-state index in [1.54, 1.807) is 6.20 Å². The number of carbonyl (C=O) groups is 1. The molecule has 0 spiro atoms. The van der Waals surface area contributed by atoms with E-state index in [1.807, 2.05) is 48.5 Å². The second-order valence-corrected chi connectivity index (χ2v) is 7.53. The minimum absolute atomic E-state index is 0.388. The average Bonchev–Trinajstić information content (AvgIpc) is 3.46. The number of amides is 1. The zero-order valence-electron chi connectivity index (χ0n) is 17.4. The van der Waals surface area contributed by atoms with Gasteiger partial charge in [0.2, 0.25) is 0 Å². The Labute approximate surface area is 184 Å². The summed E-state index contributed by atoms with van der Waals surface area (Å²) in [5.74, 6) is 0.144. The molecule has 8 heteroatoms. The van der Waals surface area contributed by atoms with E-state index in [0.29, 0.717) is 34.6 Å². The highest BCUT2D eigenvalue weighted by Crippen LogP contribution is 2.43. The molecule has 8 nitrogen and oxygen atoms in total. The molecule has 32 heavy (non-hydrogen) atoms. The SMILES string of the molecule is CCCC1=C(C#N)C(c2cccc3ocnc23)c2cn(C(=O)Nc3ccccc3)nc2N1. The smallest absolute Gasteiger partial charge is 0.346 e. The Bertz CT molecular complexity index is 1380. The van der Waals surface area contributed by atoms with Crippen LogP contribution in [0.25, 0.3) is 11.1 Å². The summed E-state index contributed by atoms with van der Waals surface area (Å²) in [5, 5.41) is 20.7. The van der Waals surface area contributed by atoms with Crippen LogP contribution in [0.1, 0.15) is 36.8 Å². The first-order valence-corrected chi connectivity index (χ1v) is 10.4. The molecule has 0 saturated heterocycles. The predicted molar refractivity (Wildman–Crippen MR) is 120 cm³/mol. The lowest BCUT2D eigenvalue weighted by Crippen LogP contribution is -2.20. The average molecular weight is 424 g/mol. The quantitative estimate of drug-likeness (QED) is 0.464. The van der Waals surface area contributed by atoms with Crippen molar-refractivity contribution in [3.8, 4) is 6.07 Å². The molecular weight excluding hydrogens is 404 g/mol. The summed E-state index contributed by atoms with van der Waals surface area (Å²) in [6.45, 7) is 2.05. The Morgan fingerprint density at radius 2 is 2.06 bits per heavy atom. The van der Waals surface area contributed by atoms with E-state index in [-0.39, 0.29) is 6.03 Å². The number of benzene rings is 2. The summed E-state index contributed by atoms with van der Waals surface area (Å²) in [6, 6.07) is 16.8. The van der Waals surface area contributed by atoms with E-state index in [4.69, 9.17) is 4.42 Å². The molecule has 4 aromatic rings. The summed E-state index contributed by atoms with van der Waals surface area (Å²) in [7, 11) is 0. The first-order chi connectivity index (χ1) is 15.7. The predicted octanol–water partition coefficient (Wildman–Crippen LogP) is 5.24. The van der Waals surface area contributed by atoms with Gasteiger partial charge >= 0.3 is 6.03 Å². The molecule has 0 bridgehead atoms. The van der Waals surface area contributed by atoms with Gasteiger partial charge in [0.05, 0.1) is 17.6 Å². The van der Waals surface area contributed by atoms with Gasteiger partial charge in [-0.25, -0.2) is 9.78 Å². The Morgan fingerprint density at radius 3 is 2.84 bits per heavy atom. The van der Waals surface area contributed by atoms with Crippen molar-refractivity contribution in [1.82, 2.24) is 14.8 Å². The molecule has 1 aliphatic rings. The standard InChI is InChI=1S/C24H20N6O2/c1-2-7-19-17(12-25)21(16-10-6-11-20-22(16)26-14-32-20)18-13-30(29-23(18)28-19)24(31)27-15-8-4-3-5-9-15/h3-6,8-11,13-14,21H,2,7H2,1H3,(H,27,31)(H,28,29). The molecule has 0 radical (unpaired) electrons. The highest BCUT2D eigenvalue weighted by molar-refractivity contribution is 5.91.